The third-order valence-corrected chi connectivity index (χ3v) is 6.51. The molecule has 3 aromatic rings. The second kappa shape index (κ2) is 9.20. The van der Waals surface area contributed by atoms with Crippen LogP contribution in [0.2, 0.25) is 10.0 Å². The number of nitrogens with one attached hydrogen (secondary N) is 1. The molecule has 2 aromatic carbocycles. The number of benzene rings is 2. The molecule has 0 radical (unpaired) electrons. The fraction of sp³-hybridized carbons (Fsp3) is 0.286. The Kier molecular flexibility index (Phi) is 6.43. The lowest BCUT2D eigenvalue weighted by atomic mass is 9.85. The molecule has 1 N–H and O–H groups in total. The molecule has 1 heterocycles. The number of halogens is 2. The summed E-state index contributed by atoms with van der Waals surface area (Å²) < 4.78 is 1.88. The van der Waals surface area contributed by atoms with Gasteiger partial charge in [-0.1, -0.05) is 71.7 Å². The van der Waals surface area contributed by atoms with Crippen LogP contribution in [0.3, 0.4) is 0 Å². The third-order valence-electron chi connectivity index (χ3n) is 4.96. The van der Waals surface area contributed by atoms with Crippen molar-refractivity contribution in [1.82, 2.24) is 20.1 Å². The second-order valence-electron chi connectivity index (χ2n) is 6.95. The summed E-state index contributed by atoms with van der Waals surface area (Å²) in [6.45, 7) is 0.289. The van der Waals surface area contributed by atoms with Gasteiger partial charge in [0.25, 0.3) is 0 Å². The molecule has 150 valence electrons. The molecule has 1 saturated carbocycles. The monoisotopic (exact) mass is 446 g/mol. The minimum absolute atomic E-state index is 0.0708. The van der Waals surface area contributed by atoms with Crippen LogP contribution in [-0.4, -0.2) is 20.7 Å². The summed E-state index contributed by atoms with van der Waals surface area (Å²) in [7, 11) is 0. The lowest BCUT2D eigenvalue weighted by Crippen LogP contribution is -2.34. The summed E-state index contributed by atoms with van der Waals surface area (Å²) in [5.74, 6) is 1.55. The van der Waals surface area contributed by atoms with Gasteiger partial charge in [-0.2, -0.15) is 0 Å². The normalized spacial score (nSPS) is 13.9. The van der Waals surface area contributed by atoms with Crippen LogP contribution < -0.4 is 5.32 Å². The zero-order chi connectivity index (χ0) is 20.2. The third kappa shape index (κ3) is 4.77. The van der Waals surface area contributed by atoms with Crippen molar-refractivity contribution in [2.45, 2.75) is 36.7 Å². The Balaban J connectivity index is 1.61. The number of carbonyl (C=O) groups is 1. The van der Waals surface area contributed by atoms with E-state index in [0.29, 0.717) is 26.7 Å². The Hall–Kier alpha value is -2.02. The Morgan fingerprint density at radius 2 is 1.93 bits per heavy atom. The van der Waals surface area contributed by atoms with Crippen molar-refractivity contribution in [2.24, 2.45) is 5.92 Å². The van der Waals surface area contributed by atoms with Crippen molar-refractivity contribution in [1.29, 1.82) is 0 Å². The molecule has 1 aliphatic carbocycles. The van der Waals surface area contributed by atoms with Crippen molar-refractivity contribution >= 4 is 40.9 Å². The van der Waals surface area contributed by atoms with Gasteiger partial charge in [0, 0.05) is 16.7 Å². The molecular weight excluding hydrogens is 427 g/mol. The molecule has 1 amide bonds. The van der Waals surface area contributed by atoms with Gasteiger partial charge in [0.05, 0.1) is 17.3 Å². The fourth-order valence-electron chi connectivity index (χ4n) is 3.11. The predicted molar refractivity (Wildman–Crippen MR) is 117 cm³/mol. The minimum atomic E-state index is 0.0708. The van der Waals surface area contributed by atoms with Crippen molar-refractivity contribution in [3.8, 4) is 5.69 Å². The summed E-state index contributed by atoms with van der Waals surface area (Å²) in [4.78, 5) is 12.3. The predicted octanol–water partition coefficient (Wildman–Crippen LogP) is 5.28. The number of nitrogens with zero attached hydrogens (tertiary/aromatic N) is 3. The lowest BCUT2D eigenvalue weighted by molar-refractivity contribution is -0.127. The van der Waals surface area contributed by atoms with Gasteiger partial charge >= 0.3 is 0 Å². The summed E-state index contributed by atoms with van der Waals surface area (Å²) in [6, 6.07) is 15.4. The van der Waals surface area contributed by atoms with Crippen LogP contribution >= 0.6 is 35.0 Å². The number of amides is 1. The van der Waals surface area contributed by atoms with Gasteiger partial charge in [-0.15, -0.1) is 10.2 Å². The first-order valence-corrected chi connectivity index (χ1v) is 11.2. The smallest absolute Gasteiger partial charge is 0.223 e. The van der Waals surface area contributed by atoms with Crippen LogP contribution in [0.5, 0.6) is 0 Å². The van der Waals surface area contributed by atoms with Gasteiger partial charge in [-0.25, -0.2) is 0 Å². The largest absolute Gasteiger partial charge is 0.349 e. The number of hydrogen-bond donors (Lipinski definition) is 1. The van der Waals surface area contributed by atoms with Crippen LogP contribution in [0.15, 0.2) is 53.7 Å². The molecule has 0 bridgehead atoms. The van der Waals surface area contributed by atoms with Crippen LogP contribution in [-0.2, 0) is 17.1 Å². The highest BCUT2D eigenvalue weighted by molar-refractivity contribution is 7.98. The first-order chi connectivity index (χ1) is 14.1. The number of thioether (sulfide) groups is 1. The van der Waals surface area contributed by atoms with E-state index in [1.54, 1.807) is 30.0 Å². The molecule has 0 aliphatic heterocycles. The van der Waals surface area contributed by atoms with E-state index < -0.39 is 0 Å². The number of carbonyl (C=O) groups excluding carboxylic acids is 1. The zero-order valence-corrected chi connectivity index (χ0v) is 18.0. The van der Waals surface area contributed by atoms with Crippen molar-refractivity contribution in [2.75, 3.05) is 0 Å². The molecule has 0 atom stereocenters. The fourth-order valence-corrected chi connectivity index (χ4v) is 4.40. The van der Waals surface area contributed by atoms with E-state index in [1.165, 1.54) is 5.56 Å². The second-order valence-corrected chi connectivity index (χ2v) is 8.74. The molecule has 0 spiro atoms. The van der Waals surface area contributed by atoms with Crippen LogP contribution in [0, 0.1) is 5.92 Å². The number of hydrogen-bond acceptors (Lipinski definition) is 4. The average Bonchev–Trinajstić information content (AvgIpc) is 3.09. The molecular formula is C21H20Cl2N4OS. The zero-order valence-electron chi connectivity index (χ0n) is 15.6. The van der Waals surface area contributed by atoms with E-state index in [-0.39, 0.29) is 18.4 Å². The van der Waals surface area contributed by atoms with E-state index in [0.717, 1.165) is 25.0 Å². The quantitative estimate of drug-likeness (QED) is 0.501. The first kappa shape index (κ1) is 20.3. The SMILES string of the molecule is O=C(NCc1nnc(SCc2ccccc2)n1-c1cc(Cl)ccc1Cl)C1CCC1. The van der Waals surface area contributed by atoms with Gasteiger partial charge in [0.1, 0.15) is 0 Å². The van der Waals surface area contributed by atoms with Crippen LogP contribution in [0.25, 0.3) is 5.69 Å². The number of rotatable bonds is 7. The van der Waals surface area contributed by atoms with Crippen molar-refractivity contribution in [3.63, 3.8) is 0 Å². The summed E-state index contributed by atoms with van der Waals surface area (Å²) in [6.07, 6.45) is 3.03. The molecule has 0 unspecified atom stereocenters. The molecule has 0 saturated heterocycles. The van der Waals surface area contributed by atoms with Gasteiger partial charge in [0.15, 0.2) is 11.0 Å². The minimum Gasteiger partial charge on any atom is -0.349 e. The summed E-state index contributed by atoms with van der Waals surface area (Å²) >= 11 is 14.2. The number of aromatic nitrogens is 3. The molecule has 1 aliphatic rings. The van der Waals surface area contributed by atoms with Crippen molar-refractivity contribution in [3.05, 3.63) is 70.0 Å². The Morgan fingerprint density at radius 1 is 1.14 bits per heavy atom. The molecule has 1 fully saturated rings. The highest BCUT2D eigenvalue weighted by Gasteiger charge is 2.26. The highest BCUT2D eigenvalue weighted by atomic mass is 35.5. The van der Waals surface area contributed by atoms with Gasteiger partial charge < -0.3 is 5.32 Å². The molecule has 4 rings (SSSR count). The Morgan fingerprint density at radius 3 is 2.66 bits per heavy atom. The molecule has 5 nitrogen and oxygen atoms in total. The Labute approximate surface area is 183 Å². The van der Waals surface area contributed by atoms with E-state index in [4.69, 9.17) is 23.2 Å². The highest BCUT2D eigenvalue weighted by Crippen LogP contribution is 2.31. The maximum atomic E-state index is 12.3. The van der Waals surface area contributed by atoms with E-state index in [1.807, 2.05) is 22.8 Å². The maximum absolute atomic E-state index is 12.3. The first-order valence-electron chi connectivity index (χ1n) is 9.46. The van der Waals surface area contributed by atoms with E-state index in [9.17, 15) is 4.79 Å². The summed E-state index contributed by atoms with van der Waals surface area (Å²) in [5.41, 5.74) is 1.89. The van der Waals surface area contributed by atoms with Crippen LogP contribution in [0.4, 0.5) is 0 Å². The molecule has 29 heavy (non-hydrogen) atoms. The molecule has 8 heteroatoms. The van der Waals surface area contributed by atoms with E-state index in [2.05, 4.69) is 27.6 Å². The van der Waals surface area contributed by atoms with Gasteiger partial charge in [-0.3, -0.25) is 9.36 Å². The topological polar surface area (TPSA) is 59.8 Å². The lowest BCUT2D eigenvalue weighted by Gasteiger charge is -2.24. The average molecular weight is 447 g/mol. The summed E-state index contributed by atoms with van der Waals surface area (Å²) in [5, 5.41) is 13.5. The van der Waals surface area contributed by atoms with Gasteiger partial charge in [-0.05, 0) is 36.6 Å². The maximum Gasteiger partial charge on any atom is 0.223 e. The standard InChI is InChI=1S/C21H20Cl2N4OS/c22-16-9-10-17(23)18(11-16)27-19(12-24-20(28)15-7-4-8-15)25-26-21(27)29-13-14-5-2-1-3-6-14/h1-3,5-6,9-11,15H,4,7-8,12-13H2,(H,24,28). The van der Waals surface area contributed by atoms with Crippen LogP contribution in [0.1, 0.15) is 30.7 Å². The van der Waals surface area contributed by atoms with Gasteiger partial charge in [0.2, 0.25) is 5.91 Å². The Bertz CT molecular complexity index is 1010. The van der Waals surface area contributed by atoms with E-state index >= 15 is 0 Å². The molecule has 1 aromatic heterocycles. The van der Waals surface area contributed by atoms with Crippen molar-refractivity contribution < 1.29 is 4.79 Å².